The molecule has 0 unspecified atom stereocenters. The number of thiol groups is 1. The van der Waals surface area contributed by atoms with Gasteiger partial charge in [-0.05, 0) is 60.7 Å². The summed E-state index contributed by atoms with van der Waals surface area (Å²) in [7, 11) is -4.32. The first-order chi connectivity index (χ1) is 16.1. The third kappa shape index (κ3) is 5.03. The van der Waals surface area contributed by atoms with Gasteiger partial charge in [-0.2, -0.15) is 0 Å². The summed E-state index contributed by atoms with van der Waals surface area (Å²) >= 11 is 10.3. The second-order valence-electron chi connectivity index (χ2n) is 6.87. The van der Waals surface area contributed by atoms with Gasteiger partial charge in [-0.3, -0.25) is 9.36 Å². The zero-order chi connectivity index (χ0) is 24.5. The van der Waals surface area contributed by atoms with Crippen LogP contribution in [-0.4, -0.2) is 29.1 Å². The van der Waals surface area contributed by atoms with Gasteiger partial charge in [0.1, 0.15) is 22.9 Å². The number of hydrogen-bond donors (Lipinski definition) is 3. The molecule has 34 heavy (non-hydrogen) atoms. The number of halogens is 3. The smallest absolute Gasteiger partial charge is 0.265 e. The molecule has 0 saturated heterocycles. The number of rotatable bonds is 6. The van der Waals surface area contributed by atoms with Gasteiger partial charge in [0.05, 0.1) is 16.3 Å². The summed E-state index contributed by atoms with van der Waals surface area (Å²) in [4.78, 5) is 12.3. The van der Waals surface area contributed by atoms with Crippen molar-refractivity contribution in [2.24, 2.45) is 0 Å². The Morgan fingerprint density at radius 2 is 1.62 bits per heavy atom. The summed E-state index contributed by atoms with van der Waals surface area (Å²) in [6.45, 7) is 0. The first-order valence-corrected chi connectivity index (χ1v) is 11.7. The van der Waals surface area contributed by atoms with Crippen molar-refractivity contribution in [3.8, 4) is 5.69 Å². The lowest BCUT2D eigenvalue weighted by Gasteiger charge is -2.13. The lowest BCUT2D eigenvalue weighted by atomic mass is 10.2. The average Bonchev–Trinajstić information content (AvgIpc) is 3.23. The summed E-state index contributed by atoms with van der Waals surface area (Å²) in [5, 5.41) is 9.93. The maximum atomic E-state index is 13.2. The standard InChI is InChI=1S/C21H14ClF2N5O3S2/c22-17-10-18(33)19(9-16(17)20(30)26-14-5-1-12(23)2-6-14)34(31,32)28-21-27-25-11-29(21)15-7-3-13(24)4-8-15/h1-11,33H,(H,26,30)(H,27,28). The highest BCUT2D eigenvalue weighted by Gasteiger charge is 2.24. The van der Waals surface area contributed by atoms with Crippen LogP contribution < -0.4 is 10.0 Å². The summed E-state index contributed by atoms with van der Waals surface area (Å²) in [5.41, 5.74) is 0.544. The van der Waals surface area contributed by atoms with E-state index in [0.717, 1.165) is 18.2 Å². The van der Waals surface area contributed by atoms with Gasteiger partial charge in [-0.25, -0.2) is 21.9 Å². The number of carbonyl (C=O) groups excluding carboxylic acids is 1. The maximum Gasteiger partial charge on any atom is 0.265 e. The Morgan fingerprint density at radius 1 is 1.00 bits per heavy atom. The molecule has 174 valence electrons. The Kier molecular flexibility index (Phi) is 6.55. The van der Waals surface area contributed by atoms with Crippen LogP contribution in [0.4, 0.5) is 20.4 Å². The van der Waals surface area contributed by atoms with Crippen LogP contribution in [0, 0.1) is 11.6 Å². The van der Waals surface area contributed by atoms with E-state index in [9.17, 15) is 22.0 Å². The second kappa shape index (κ2) is 9.41. The number of anilines is 2. The molecule has 0 atom stereocenters. The summed E-state index contributed by atoms with van der Waals surface area (Å²) < 4.78 is 56.2. The third-order valence-corrected chi connectivity index (χ3v) is 6.77. The molecule has 0 saturated carbocycles. The van der Waals surface area contributed by atoms with Crippen LogP contribution in [0.3, 0.4) is 0 Å². The lowest BCUT2D eigenvalue weighted by Crippen LogP contribution is -2.19. The molecule has 0 aliphatic carbocycles. The van der Waals surface area contributed by atoms with Gasteiger partial charge in [0.15, 0.2) is 0 Å². The molecular weight excluding hydrogens is 508 g/mol. The van der Waals surface area contributed by atoms with Crippen molar-refractivity contribution in [3.05, 3.63) is 89.2 Å². The maximum absolute atomic E-state index is 13.2. The topological polar surface area (TPSA) is 106 Å². The number of hydrogen-bond acceptors (Lipinski definition) is 6. The molecule has 0 spiro atoms. The van der Waals surface area contributed by atoms with Crippen LogP contribution in [0.15, 0.2) is 76.8 Å². The molecule has 1 heterocycles. The molecule has 1 amide bonds. The molecule has 4 aromatic rings. The molecule has 0 aliphatic rings. The van der Waals surface area contributed by atoms with Crippen LogP contribution >= 0.6 is 24.2 Å². The monoisotopic (exact) mass is 521 g/mol. The van der Waals surface area contributed by atoms with E-state index in [2.05, 4.69) is 32.9 Å². The Hall–Kier alpha value is -3.48. The minimum absolute atomic E-state index is 0.0244. The quantitative estimate of drug-likeness (QED) is 0.323. The van der Waals surface area contributed by atoms with E-state index in [4.69, 9.17) is 11.6 Å². The molecule has 2 N–H and O–H groups in total. The van der Waals surface area contributed by atoms with Crippen LogP contribution in [0.5, 0.6) is 0 Å². The fraction of sp³-hybridized carbons (Fsp3) is 0. The van der Waals surface area contributed by atoms with Crippen molar-refractivity contribution < 1.29 is 22.0 Å². The van der Waals surface area contributed by atoms with Gasteiger partial charge < -0.3 is 5.32 Å². The molecule has 0 fully saturated rings. The number of nitrogens with one attached hydrogen (secondary N) is 2. The van der Waals surface area contributed by atoms with Gasteiger partial charge >= 0.3 is 0 Å². The van der Waals surface area contributed by atoms with Crippen molar-refractivity contribution in [3.63, 3.8) is 0 Å². The minimum Gasteiger partial charge on any atom is -0.322 e. The number of carbonyl (C=O) groups is 1. The molecule has 13 heteroatoms. The van der Waals surface area contributed by atoms with Gasteiger partial charge in [0.25, 0.3) is 15.9 Å². The van der Waals surface area contributed by atoms with Crippen molar-refractivity contribution in [1.82, 2.24) is 14.8 Å². The molecule has 8 nitrogen and oxygen atoms in total. The Balaban J connectivity index is 1.65. The lowest BCUT2D eigenvalue weighted by molar-refractivity contribution is 0.102. The van der Waals surface area contributed by atoms with Gasteiger partial charge in [0.2, 0.25) is 5.95 Å². The Labute approximate surface area is 203 Å². The molecule has 4 rings (SSSR count). The zero-order valence-electron chi connectivity index (χ0n) is 16.9. The molecule has 0 bridgehead atoms. The van der Waals surface area contributed by atoms with Crippen molar-refractivity contribution in [2.45, 2.75) is 9.79 Å². The predicted octanol–water partition coefficient (Wildman–Crippen LogP) is 4.54. The number of amides is 1. The molecule has 0 radical (unpaired) electrons. The average molecular weight is 522 g/mol. The SMILES string of the molecule is O=C(Nc1ccc(F)cc1)c1cc(S(=O)(=O)Nc2nncn2-c2ccc(F)cc2)c(S)cc1Cl. The summed E-state index contributed by atoms with van der Waals surface area (Å²) in [5.74, 6) is -1.84. The van der Waals surface area contributed by atoms with Crippen molar-refractivity contribution in [2.75, 3.05) is 10.0 Å². The largest absolute Gasteiger partial charge is 0.322 e. The fourth-order valence-corrected chi connectivity index (χ4v) is 4.91. The van der Waals surface area contributed by atoms with E-state index in [-0.39, 0.29) is 32.0 Å². The minimum atomic E-state index is -4.32. The van der Waals surface area contributed by atoms with Crippen LogP contribution in [0.1, 0.15) is 10.4 Å². The highest BCUT2D eigenvalue weighted by molar-refractivity contribution is 7.93. The number of benzene rings is 3. The fourth-order valence-electron chi connectivity index (χ4n) is 2.93. The van der Waals surface area contributed by atoms with Crippen molar-refractivity contribution in [1.29, 1.82) is 0 Å². The van der Waals surface area contributed by atoms with E-state index in [1.807, 2.05) is 0 Å². The third-order valence-electron chi connectivity index (χ3n) is 4.56. The normalized spacial score (nSPS) is 11.3. The summed E-state index contributed by atoms with van der Waals surface area (Å²) in [6, 6.07) is 12.5. The molecule has 1 aromatic heterocycles. The van der Waals surface area contributed by atoms with Gasteiger partial charge in [0, 0.05) is 10.6 Å². The highest BCUT2D eigenvalue weighted by Crippen LogP contribution is 2.29. The van der Waals surface area contributed by atoms with E-state index >= 15 is 0 Å². The van der Waals surface area contributed by atoms with Gasteiger partial charge in [-0.1, -0.05) is 11.6 Å². The van der Waals surface area contributed by atoms with Crippen molar-refractivity contribution >= 4 is 51.8 Å². The van der Waals surface area contributed by atoms with Gasteiger partial charge in [-0.15, -0.1) is 22.8 Å². The number of sulfonamides is 1. The Morgan fingerprint density at radius 3 is 2.26 bits per heavy atom. The van der Waals surface area contributed by atoms with E-state index in [1.165, 1.54) is 53.4 Å². The highest BCUT2D eigenvalue weighted by atomic mass is 35.5. The Bertz CT molecular complexity index is 1480. The predicted molar refractivity (Wildman–Crippen MR) is 125 cm³/mol. The molecule has 0 aliphatic heterocycles. The van der Waals surface area contributed by atoms with E-state index < -0.39 is 27.6 Å². The molecular formula is C21H14ClF2N5O3S2. The van der Waals surface area contributed by atoms with Crippen LogP contribution in [0.2, 0.25) is 5.02 Å². The number of aromatic nitrogens is 3. The van der Waals surface area contributed by atoms with E-state index in [1.54, 1.807) is 0 Å². The second-order valence-corrected chi connectivity index (χ2v) is 9.41. The van der Waals surface area contributed by atoms with E-state index in [0.29, 0.717) is 5.69 Å². The first kappa shape index (κ1) is 23.7. The van der Waals surface area contributed by atoms with Crippen LogP contribution in [-0.2, 0) is 10.0 Å². The zero-order valence-corrected chi connectivity index (χ0v) is 19.4. The summed E-state index contributed by atoms with van der Waals surface area (Å²) in [6.07, 6.45) is 1.25. The molecule has 3 aromatic carbocycles. The number of nitrogens with zero attached hydrogens (tertiary/aromatic N) is 3. The first-order valence-electron chi connectivity index (χ1n) is 9.42. The van der Waals surface area contributed by atoms with Crippen LogP contribution in [0.25, 0.3) is 5.69 Å².